The van der Waals surface area contributed by atoms with Crippen molar-refractivity contribution in [2.24, 2.45) is 16.7 Å². The molecule has 2 spiro atoms. The van der Waals surface area contributed by atoms with Crippen molar-refractivity contribution in [1.29, 1.82) is 0 Å². The lowest BCUT2D eigenvalue weighted by Gasteiger charge is -2.47. The maximum absolute atomic E-state index is 13.6. The standard InChI is InChI=1S/C26H36N4O2/c1-4-29-14-10-26(24(29)32)18-28(16-19(2)3)17-25(26)8-12-30(13-9-25)23(31)21-5-6-22-20(15-21)7-11-27-22/h5-7,11,15,19,27H,4,8-10,12-14,16-18H2,1-3H3. The third-order valence-corrected chi connectivity index (χ3v) is 8.35. The molecule has 0 saturated carbocycles. The van der Waals surface area contributed by atoms with E-state index in [-0.39, 0.29) is 16.7 Å². The third kappa shape index (κ3) is 3.26. The molecule has 0 aliphatic carbocycles. The van der Waals surface area contributed by atoms with Crippen LogP contribution < -0.4 is 0 Å². The summed E-state index contributed by atoms with van der Waals surface area (Å²) in [5, 5.41) is 1.07. The lowest BCUT2D eigenvalue weighted by Crippen LogP contribution is -2.53. The molecule has 32 heavy (non-hydrogen) atoms. The fourth-order valence-electron chi connectivity index (χ4n) is 6.75. The molecule has 3 fully saturated rings. The van der Waals surface area contributed by atoms with E-state index in [0.29, 0.717) is 11.8 Å². The van der Waals surface area contributed by atoms with Crippen LogP contribution in [0.25, 0.3) is 10.9 Å². The second kappa shape index (κ2) is 7.91. The Balaban J connectivity index is 1.36. The van der Waals surface area contributed by atoms with Gasteiger partial charge in [0, 0.05) is 73.9 Å². The maximum atomic E-state index is 13.6. The van der Waals surface area contributed by atoms with Gasteiger partial charge in [-0.05, 0) is 56.4 Å². The monoisotopic (exact) mass is 436 g/mol. The molecule has 3 aliphatic rings. The number of likely N-dealkylation sites (tertiary alicyclic amines) is 3. The summed E-state index contributed by atoms with van der Waals surface area (Å²) in [6.45, 7) is 12.7. The number of rotatable bonds is 4. The van der Waals surface area contributed by atoms with Crippen LogP contribution in [0.15, 0.2) is 30.5 Å². The van der Waals surface area contributed by atoms with Gasteiger partial charge in [0.15, 0.2) is 0 Å². The predicted octanol–water partition coefficient (Wildman–Crippen LogP) is 3.60. The number of H-pyrrole nitrogens is 1. The number of benzene rings is 1. The van der Waals surface area contributed by atoms with E-state index < -0.39 is 0 Å². The van der Waals surface area contributed by atoms with E-state index in [1.165, 1.54) is 0 Å². The molecular formula is C26H36N4O2. The number of carbonyl (C=O) groups is 2. The molecular weight excluding hydrogens is 400 g/mol. The van der Waals surface area contributed by atoms with Crippen LogP contribution in [0.4, 0.5) is 0 Å². The zero-order valence-corrected chi connectivity index (χ0v) is 19.7. The largest absolute Gasteiger partial charge is 0.361 e. The summed E-state index contributed by atoms with van der Waals surface area (Å²) in [4.78, 5) is 36.7. The summed E-state index contributed by atoms with van der Waals surface area (Å²) in [6, 6.07) is 7.90. The first kappa shape index (κ1) is 21.5. The van der Waals surface area contributed by atoms with Gasteiger partial charge in [0.05, 0.1) is 5.41 Å². The van der Waals surface area contributed by atoms with Gasteiger partial charge < -0.3 is 19.7 Å². The number of piperidine rings is 1. The van der Waals surface area contributed by atoms with E-state index in [4.69, 9.17) is 0 Å². The van der Waals surface area contributed by atoms with Gasteiger partial charge in [0.1, 0.15) is 0 Å². The molecule has 6 nitrogen and oxygen atoms in total. The summed E-state index contributed by atoms with van der Waals surface area (Å²) in [6.07, 6.45) is 4.71. The van der Waals surface area contributed by atoms with E-state index in [9.17, 15) is 9.59 Å². The predicted molar refractivity (Wildman–Crippen MR) is 126 cm³/mol. The van der Waals surface area contributed by atoms with Crippen molar-refractivity contribution in [3.05, 3.63) is 36.0 Å². The topological polar surface area (TPSA) is 59.6 Å². The molecule has 0 bridgehead atoms. The van der Waals surface area contributed by atoms with Gasteiger partial charge in [0.2, 0.25) is 5.91 Å². The Morgan fingerprint density at radius 3 is 2.56 bits per heavy atom. The van der Waals surface area contributed by atoms with Gasteiger partial charge in [-0.25, -0.2) is 0 Å². The summed E-state index contributed by atoms with van der Waals surface area (Å²) in [7, 11) is 0. The number of aromatic amines is 1. The number of amides is 2. The number of nitrogens with one attached hydrogen (secondary N) is 1. The average molecular weight is 437 g/mol. The molecule has 172 valence electrons. The zero-order chi connectivity index (χ0) is 22.5. The molecule has 2 amide bonds. The van der Waals surface area contributed by atoms with Gasteiger partial charge in [-0.1, -0.05) is 13.8 Å². The normalized spacial score (nSPS) is 25.8. The van der Waals surface area contributed by atoms with Crippen molar-refractivity contribution >= 4 is 22.7 Å². The molecule has 3 saturated heterocycles. The van der Waals surface area contributed by atoms with E-state index in [1.54, 1.807) is 0 Å². The first-order valence-corrected chi connectivity index (χ1v) is 12.3. The Hall–Kier alpha value is -2.34. The highest BCUT2D eigenvalue weighted by Crippen LogP contribution is 2.58. The van der Waals surface area contributed by atoms with Crippen molar-refractivity contribution in [3.8, 4) is 0 Å². The van der Waals surface area contributed by atoms with Crippen molar-refractivity contribution in [2.45, 2.75) is 40.0 Å². The first-order chi connectivity index (χ1) is 15.4. The number of aromatic nitrogens is 1. The highest BCUT2D eigenvalue weighted by Gasteiger charge is 2.64. The van der Waals surface area contributed by atoms with Crippen molar-refractivity contribution in [3.63, 3.8) is 0 Å². The quantitative estimate of drug-likeness (QED) is 0.797. The van der Waals surface area contributed by atoms with E-state index in [1.807, 2.05) is 35.4 Å². The number of hydrogen-bond acceptors (Lipinski definition) is 3. The van der Waals surface area contributed by atoms with Crippen molar-refractivity contribution in [2.75, 3.05) is 45.8 Å². The number of fused-ring (bicyclic) bond motifs is 2. The first-order valence-electron chi connectivity index (χ1n) is 12.3. The van der Waals surface area contributed by atoms with E-state index >= 15 is 0 Å². The van der Waals surface area contributed by atoms with Crippen LogP contribution in [-0.2, 0) is 4.79 Å². The molecule has 1 N–H and O–H groups in total. The Kier molecular flexibility index (Phi) is 5.31. The highest BCUT2D eigenvalue weighted by atomic mass is 16.2. The number of hydrogen-bond donors (Lipinski definition) is 1. The summed E-state index contributed by atoms with van der Waals surface area (Å²) in [5.74, 6) is 1.07. The summed E-state index contributed by atoms with van der Waals surface area (Å²) in [5.41, 5.74) is 1.53. The zero-order valence-electron chi connectivity index (χ0n) is 19.7. The van der Waals surface area contributed by atoms with Gasteiger partial charge in [-0.2, -0.15) is 0 Å². The van der Waals surface area contributed by atoms with Crippen molar-refractivity contribution < 1.29 is 9.59 Å². The van der Waals surface area contributed by atoms with Gasteiger partial charge in [-0.3, -0.25) is 9.59 Å². The van der Waals surface area contributed by atoms with Crippen LogP contribution in [-0.4, -0.2) is 77.3 Å². The van der Waals surface area contributed by atoms with Crippen LogP contribution >= 0.6 is 0 Å². The highest BCUT2D eigenvalue weighted by molar-refractivity contribution is 5.98. The molecule has 1 atom stereocenters. The molecule has 2 aromatic rings. The molecule has 5 rings (SSSR count). The lowest BCUT2D eigenvalue weighted by molar-refractivity contribution is -0.141. The van der Waals surface area contributed by atoms with E-state index in [2.05, 4.69) is 35.6 Å². The van der Waals surface area contributed by atoms with Crippen LogP contribution in [0.1, 0.15) is 50.4 Å². The number of nitrogens with zero attached hydrogens (tertiary/aromatic N) is 3. The molecule has 1 unspecified atom stereocenters. The molecule has 1 aromatic carbocycles. The fraction of sp³-hybridized carbons (Fsp3) is 0.615. The third-order valence-electron chi connectivity index (χ3n) is 8.35. The van der Waals surface area contributed by atoms with Crippen molar-refractivity contribution in [1.82, 2.24) is 19.7 Å². The minimum Gasteiger partial charge on any atom is -0.361 e. The Morgan fingerprint density at radius 2 is 1.88 bits per heavy atom. The smallest absolute Gasteiger partial charge is 0.253 e. The Labute approximate surface area is 190 Å². The lowest BCUT2D eigenvalue weighted by atomic mass is 9.60. The molecule has 6 heteroatoms. The maximum Gasteiger partial charge on any atom is 0.253 e. The SMILES string of the molecule is CCN1CCC2(CN(CC(C)C)CC23CCN(C(=O)c2ccc4[nH]ccc4c2)CC3)C1=O. The molecule has 4 heterocycles. The van der Waals surface area contributed by atoms with E-state index in [0.717, 1.165) is 81.5 Å². The van der Waals surface area contributed by atoms with Gasteiger partial charge >= 0.3 is 0 Å². The fourth-order valence-corrected chi connectivity index (χ4v) is 6.75. The Bertz CT molecular complexity index is 1020. The second-order valence-corrected chi connectivity index (χ2v) is 10.6. The summed E-state index contributed by atoms with van der Waals surface area (Å²) < 4.78 is 0. The van der Waals surface area contributed by atoms with Crippen LogP contribution in [0.2, 0.25) is 0 Å². The number of carbonyl (C=O) groups excluding carboxylic acids is 2. The molecule has 1 aromatic heterocycles. The van der Waals surface area contributed by atoms with Crippen LogP contribution in [0.5, 0.6) is 0 Å². The minimum atomic E-state index is -0.267. The Morgan fingerprint density at radius 1 is 1.09 bits per heavy atom. The second-order valence-electron chi connectivity index (χ2n) is 10.6. The summed E-state index contributed by atoms with van der Waals surface area (Å²) >= 11 is 0. The van der Waals surface area contributed by atoms with Gasteiger partial charge in [-0.15, -0.1) is 0 Å². The minimum absolute atomic E-state index is 0.00966. The molecule has 0 radical (unpaired) electrons. The molecule has 3 aliphatic heterocycles. The van der Waals surface area contributed by atoms with Crippen LogP contribution in [0.3, 0.4) is 0 Å². The van der Waals surface area contributed by atoms with Gasteiger partial charge in [0.25, 0.3) is 5.91 Å². The van der Waals surface area contributed by atoms with Crippen LogP contribution in [0, 0.1) is 16.7 Å². The average Bonchev–Trinajstić information content (AvgIpc) is 3.45.